The van der Waals surface area contributed by atoms with E-state index in [1.165, 1.54) is 6.26 Å². The predicted octanol–water partition coefficient (Wildman–Crippen LogP) is 1.23. The lowest BCUT2D eigenvalue weighted by atomic mass is 9.99. The van der Waals surface area contributed by atoms with Crippen molar-refractivity contribution in [2.45, 2.75) is 32.4 Å². The Kier molecular flexibility index (Phi) is 5.12. The van der Waals surface area contributed by atoms with Gasteiger partial charge in [-0.1, -0.05) is 19.4 Å². The van der Waals surface area contributed by atoms with Crippen molar-refractivity contribution in [1.82, 2.24) is 14.6 Å². The van der Waals surface area contributed by atoms with Gasteiger partial charge in [-0.15, -0.1) is 0 Å². The van der Waals surface area contributed by atoms with E-state index in [-0.39, 0.29) is 6.04 Å². The van der Waals surface area contributed by atoms with Gasteiger partial charge in [-0.2, -0.15) is 0 Å². The van der Waals surface area contributed by atoms with Gasteiger partial charge in [-0.05, 0) is 24.5 Å². The normalized spacial score (nSPS) is 24.1. The SMILES string of the molecule is CCCC1CN(Cc2ccccn2)CC1NS(C)(=O)=O. The number of sulfonamides is 1. The summed E-state index contributed by atoms with van der Waals surface area (Å²) in [5.41, 5.74) is 1.03. The fourth-order valence-electron chi connectivity index (χ4n) is 2.88. The van der Waals surface area contributed by atoms with Crippen LogP contribution in [-0.2, 0) is 16.6 Å². The second-order valence-corrected chi connectivity index (χ2v) is 7.34. The zero-order valence-electron chi connectivity index (χ0n) is 12.1. The average molecular weight is 297 g/mol. The summed E-state index contributed by atoms with van der Waals surface area (Å²) < 4.78 is 25.7. The fourth-order valence-corrected chi connectivity index (χ4v) is 3.70. The van der Waals surface area contributed by atoms with Crippen LogP contribution in [0.25, 0.3) is 0 Å². The van der Waals surface area contributed by atoms with E-state index in [2.05, 4.69) is 21.5 Å². The summed E-state index contributed by atoms with van der Waals surface area (Å²) >= 11 is 0. The summed E-state index contributed by atoms with van der Waals surface area (Å²) in [6, 6.07) is 5.91. The molecule has 0 aliphatic carbocycles. The standard InChI is InChI=1S/C14H23N3O2S/c1-3-6-12-9-17(10-13-7-4-5-8-15-13)11-14(12)16-20(2,18)19/h4-5,7-8,12,14,16H,3,6,9-11H2,1-2H3. The van der Waals surface area contributed by atoms with Crippen molar-refractivity contribution in [2.75, 3.05) is 19.3 Å². The number of hydrogen-bond acceptors (Lipinski definition) is 4. The first-order valence-corrected chi connectivity index (χ1v) is 8.96. The largest absolute Gasteiger partial charge is 0.296 e. The van der Waals surface area contributed by atoms with E-state index in [1.54, 1.807) is 6.20 Å². The molecule has 1 aromatic rings. The molecule has 20 heavy (non-hydrogen) atoms. The lowest BCUT2D eigenvalue weighted by molar-refractivity contribution is 0.308. The van der Waals surface area contributed by atoms with Crippen molar-refractivity contribution in [3.8, 4) is 0 Å². The Morgan fingerprint density at radius 2 is 2.20 bits per heavy atom. The molecule has 2 rings (SSSR count). The first-order chi connectivity index (χ1) is 9.48. The van der Waals surface area contributed by atoms with Crippen LogP contribution in [0.5, 0.6) is 0 Å². The predicted molar refractivity (Wildman–Crippen MR) is 79.7 cm³/mol. The third-order valence-electron chi connectivity index (χ3n) is 3.65. The van der Waals surface area contributed by atoms with Crippen LogP contribution in [0.2, 0.25) is 0 Å². The van der Waals surface area contributed by atoms with Gasteiger partial charge in [-0.3, -0.25) is 9.88 Å². The third-order valence-corrected chi connectivity index (χ3v) is 4.38. The molecule has 0 radical (unpaired) electrons. The van der Waals surface area contributed by atoms with Crippen LogP contribution in [0.15, 0.2) is 24.4 Å². The highest BCUT2D eigenvalue weighted by Crippen LogP contribution is 2.23. The van der Waals surface area contributed by atoms with E-state index >= 15 is 0 Å². The zero-order chi connectivity index (χ0) is 14.6. The molecular weight excluding hydrogens is 274 g/mol. The molecule has 112 valence electrons. The maximum absolute atomic E-state index is 11.5. The number of nitrogens with zero attached hydrogens (tertiary/aromatic N) is 2. The Morgan fingerprint density at radius 1 is 1.40 bits per heavy atom. The van der Waals surface area contributed by atoms with Gasteiger partial charge < -0.3 is 0 Å². The van der Waals surface area contributed by atoms with Crippen LogP contribution in [0, 0.1) is 5.92 Å². The number of hydrogen-bond donors (Lipinski definition) is 1. The summed E-state index contributed by atoms with van der Waals surface area (Å²) in [5, 5.41) is 0. The molecule has 5 nitrogen and oxygen atoms in total. The number of pyridine rings is 1. The number of nitrogens with one attached hydrogen (secondary N) is 1. The Hall–Kier alpha value is -0.980. The van der Waals surface area contributed by atoms with Gasteiger partial charge in [-0.25, -0.2) is 13.1 Å². The molecule has 1 aliphatic rings. The second kappa shape index (κ2) is 6.65. The van der Waals surface area contributed by atoms with Gasteiger partial charge in [0.2, 0.25) is 10.0 Å². The van der Waals surface area contributed by atoms with Crippen LogP contribution in [-0.4, -0.2) is 43.7 Å². The fraction of sp³-hybridized carbons (Fsp3) is 0.643. The van der Waals surface area contributed by atoms with E-state index in [0.29, 0.717) is 5.92 Å². The molecule has 0 aromatic carbocycles. The molecule has 1 fully saturated rings. The van der Waals surface area contributed by atoms with E-state index in [9.17, 15) is 8.42 Å². The molecule has 6 heteroatoms. The Labute approximate surface area is 121 Å². The summed E-state index contributed by atoms with van der Waals surface area (Å²) in [6.07, 6.45) is 5.15. The smallest absolute Gasteiger partial charge is 0.209 e. The van der Waals surface area contributed by atoms with E-state index in [0.717, 1.165) is 38.2 Å². The van der Waals surface area contributed by atoms with Crippen LogP contribution in [0.4, 0.5) is 0 Å². The molecule has 2 heterocycles. The molecule has 2 unspecified atom stereocenters. The first-order valence-electron chi connectivity index (χ1n) is 7.07. The molecular formula is C14H23N3O2S. The Morgan fingerprint density at radius 3 is 2.80 bits per heavy atom. The van der Waals surface area contributed by atoms with Gasteiger partial charge in [0.25, 0.3) is 0 Å². The molecule has 0 bridgehead atoms. The molecule has 1 saturated heterocycles. The van der Waals surface area contributed by atoms with Crippen LogP contribution >= 0.6 is 0 Å². The van der Waals surface area contributed by atoms with Crippen molar-refractivity contribution in [1.29, 1.82) is 0 Å². The van der Waals surface area contributed by atoms with E-state index in [4.69, 9.17) is 0 Å². The quantitative estimate of drug-likeness (QED) is 0.858. The van der Waals surface area contributed by atoms with Crippen molar-refractivity contribution in [3.05, 3.63) is 30.1 Å². The Balaban J connectivity index is 2.00. The topological polar surface area (TPSA) is 62.3 Å². The molecule has 0 spiro atoms. The summed E-state index contributed by atoms with van der Waals surface area (Å²) in [5.74, 6) is 0.387. The van der Waals surface area contributed by atoms with Crippen molar-refractivity contribution in [2.24, 2.45) is 5.92 Å². The second-order valence-electron chi connectivity index (χ2n) is 5.56. The number of rotatable bonds is 6. The van der Waals surface area contributed by atoms with Gasteiger partial charge in [0.15, 0.2) is 0 Å². The van der Waals surface area contributed by atoms with Crippen molar-refractivity contribution >= 4 is 10.0 Å². The monoisotopic (exact) mass is 297 g/mol. The molecule has 0 amide bonds. The van der Waals surface area contributed by atoms with E-state index in [1.807, 2.05) is 18.2 Å². The minimum absolute atomic E-state index is 0.0219. The van der Waals surface area contributed by atoms with Crippen LogP contribution in [0.3, 0.4) is 0 Å². The van der Waals surface area contributed by atoms with E-state index < -0.39 is 10.0 Å². The van der Waals surface area contributed by atoms with Crippen LogP contribution < -0.4 is 4.72 Å². The maximum atomic E-state index is 11.5. The molecule has 0 saturated carbocycles. The van der Waals surface area contributed by atoms with Gasteiger partial charge >= 0.3 is 0 Å². The molecule has 1 aliphatic heterocycles. The Bertz CT molecular complexity index is 518. The van der Waals surface area contributed by atoms with Gasteiger partial charge in [0.1, 0.15) is 0 Å². The van der Waals surface area contributed by atoms with Gasteiger partial charge in [0, 0.05) is 31.9 Å². The molecule has 1 aromatic heterocycles. The molecule has 2 atom stereocenters. The third kappa shape index (κ3) is 4.54. The number of likely N-dealkylation sites (tertiary alicyclic amines) is 1. The minimum Gasteiger partial charge on any atom is -0.296 e. The van der Waals surface area contributed by atoms with Crippen molar-refractivity contribution in [3.63, 3.8) is 0 Å². The first kappa shape index (κ1) is 15.4. The van der Waals surface area contributed by atoms with Crippen molar-refractivity contribution < 1.29 is 8.42 Å². The highest BCUT2D eigenvalue weighted by molar-refractivity contribution is 7.88. The average Bonchev–Trinajstić information content (AvgIpc) is 2.71. The lowest BCUT2D eigenvalue weighted by Crippen LogP contribution is -2.39. The summed E-state index contributed by atoms with van der Waals surface area (Å²) in [7, 11) is -3.15. The lowest BCUT2D eigenvalue weighted by Gasteiger charge is -2.17. The summed E-state index contributed by atoms with van der Waals surface area (Å²) in [6.45, 7) is 4.60. The maximum Gasteiger partial charge on any atom is 0.209 e. The highest BCUT2D eigenvalue weighted by atomic mass is 32.2. The minimum atomic E-state index is -3.15. The molecule has 1 N–H and O–H groups in total. The highest BCUT2D eigenvalue weighted by Gasteiger charge is 2.33. The van der Waals surface area contributed by atoms with Gasteiger partial charge in [0.05, 0.1) is 11.9 Å². The number of aromatic nitrogens is 1. The zero-order valence-corrected chi connectivity index (χ0v) is 12.9. The van der Waals surface area contributed by atoms with Crippen LogP contribution in [0.1, 0.15) is 25.5 Å². The summed E-state index contributed by atoms with van der Waals surface area (Å²) in [4.78, 5) is 6.62.